The van der Waals surface area contributed by atoms with Crippen LogP contribution in [0.3, 0.4) is 0 Å². The smallest absolute Gasteiger partial charge is 0.443 e. The van der Waals surface area contributed by atoms with E-state index >= 15 is 0 Å². The van der Waals surface area contributed by atoms with Gasteiger partial charge in [0.05, 0.1) is 12.7 Å². The molecule has 0 radical (unpaired) electrons. The third kappa shape index (κ3) is 5.74. The van der Waals surface area contributed by atoms with Gasteiger partial charge in [-0.15, -0.1) is 13.2 Å². The summed E-state index contributed by atoms with van der Waals surface area (Å²) >= 11 is 0. The topological polar surface area (TPSA) is 93.1 Å². The molecule has 0 saturated carbocycles. The minimum Gasteiger partial charge on any atom is -0.443 e. The fourth-order valence-corrected chi connectivity index (χ4v) is 2.66. The first kappa shape index (κ1) is 22.1. The fraction of sp³-hybridized carbons (Fsp3) is 0.286. The molecule has 31 heavy (non-hydrogen) atoms. The Balaban J connectivity index is 1.74. The minimum atomic E-state index is -4.77. The van der Waals surface area contributed by atoms with Crippen LogP contribution in [0.5, 0.6) is 5.75 Å². The van der Waals surface area contributed by atoms with Gasteiger partial charge in [0.25, 0.3) is 0 Å². The third-order valence-electron chi connectivity index (χ3n) is 4.27. The van der Waals surface area contributed by atoms with Crippen molar-refractivity contribution in [1.29, 1.82) is 5.41 Å². The van der Waals surface area contributed by atoms with Gasteiger partial charge in [0.1, 0.15) is 17.0 Å². The van der Waals surface area contributed by atoms with Gasteiger partial charge in [-0.3, -0.25) is 9.98 Å². The number of ether oxygens (including phenoxy) is 1. The lowest BCUT2D eigenvalue weighted by Gasteiger charge is -2.13. The van der Waals surface area contributed by atoms with Crippen LogP contribution in [0.2, 0.25) is 0 Å². The van der Waals surface area contributed by atoms with Crippen LogP contribution in [0, 0.1) is 5.41 Å². The monoisotopic (exact) mass is 434 g/mol. The highest BCUT2D eigenvalue weighted by atomic mass is 19.4. The summed E-state index contributed by atoms with van der Waals surface area (Å²) in [5.41, 5.74) is 0.809. The van der Waals surface area contributed by atoms with Crippen molar-refractivity contribution >= 4 is 6.03 Å². The summed E-state index contributed by atoms with van der Waals surface area (Å²) in [6.07, 6.45) is -1.74. The predicted molar refractivity (Wildman–Crippen MR) is 105 cm³/mol. The molecular formula is C21H21F3N4O3. The number of halogens is 3. The number of carbonyl (C=O) groups excluding carboxylic acids is 1. The number of alkyl halides is 3. The Morgan fingerprint density at radius 1 is 1.13 bits per heavy atom. The molecule has 0 unspecified atom stereocenters. The number of carbonyl (C=O) groups is 1. The number of hydrogen-bond acceptors (Lipinski definition) is 5. The lowest BCUT2D eigenvalue weighted by Crippen LogP contribution is -2.35. The SMILES string of the molecule is CC(C)(C)c1cnc(CNC(=O)n2cc(-c3ccc(OC(F)(F)F)cc3)ccc2=N)o1. The molecule has 0 aliphatic carbocycles. The largest absolute Gasteiger partial charge is 0.573 e. The van der Waals surface area contributed by atoms with E-state index in [0.717, 1.165) is 4.57 Å². The van der Waals surface area contributed by atoms with Gasteiger partial charge in [0.15, 0.2) is 0 Å². The highest BCUT2D eigenvalue weighted by molar-refractivity contribution is 5.78. The molecule has 2 aromatic heterocycles. The van der Waals surface area contributed by atoms with E-state index in [1.54, 1.807) is 12.3 Å². The van der Waals surface area contributed by atoms with Crippen molar-refractivity contribution in [2.24, 2.45) is 0 Å². The molecule has 0 aliphatic heterocycles. The van der Waals surface area contributed by atoms with Crippen molar-refractivity contribution in [3.63, 3.8) is 0 Å². The van der Waals surface area contributed by atoms with E-state index in [9.17, 15) is 18.0 Å². The molecule has 0 fully saturated rings. The second-order valence-corrected chi connectivity index (χ2v) is 7.77. The number of nitrogens with zero attached hydrogens (tertiary/aromatic N) is 2. The number of hydrogen-bond donors (Lipinski definition) is 2. The third-order valence-corrected chi connectivity index (χ3v) is 4.27. The van der Waals surface area contributed by atoms with Crippen molar-refractivity contribution in [1.82, 2.24) is 14.9 Å². The molecule has 1 aromatic carbocycles. The summed E-state index contributed by atoms with van der Waals surface area (Å²) in [4.78, 5) is 16.7. The van der Waals surface area contributed by atoms with Crippen LogP contribution in [0.4, 0.5) is 18.0 Å². The molecule has 0 atom stereocenters. The molecular weight excluding hydrogens is 413 g/mol. The maximum Gasteiger partial charge on any atom is 0.573 e. The molecule has 2 heterocycles. The zero-order chi connectivity index (χ0) is 22.8. The van der Waals surface area contributed by atoms with E-state index in [1.165, 1.54) is 36.5 Å². The molecule has 2 N–H and O–H groups in total. The Kier molecular flexibility index (Phi) is 5.92. The average molecular weight is 434 g/mol. The van der Waals surface area contributed by atoms with Crippen molar-refractivity contribution in [3.05, 3.63) is 65.9 Å². The van der Waals surface area contributed by atoms with E-state index in [4.69, 9.17) is 9.83 Å². The van der Waals surface area contributed by atoms with Crippen LogP contribution in [-0.2, 0) is 12.0 Å². The van der Waals surface area contributed by atoms with Gasteiger partial charge >= 0.3 is 12.4 Å². The van der Waals surface area contributed by atoms with Gasteiger partial charge in [-0.05, 0) is 35.4 Å². The van der Waals surface area contributed by atoms with E-state index in [1.807, 2.05) is 20.8 Å². The molecule has 7 nitrogen and oxygen atoms in total. The van der Waals surface area contributed by atoms with E-state index in [-0.39, 0.29) is 23.2 Å². The number of rotatable bonds is 4. The van der Waals surface area contributed by atoms with E-state index in [0.29, 0.717) is 22.8 Å². The fourth-order valence-electron chi connectivity index (χ4n) is 2.66. The molecule has 1 amide bonds. The maximum absolute atomic E-state index is 12.6. The summed E-state index contributed by atoms with van der Waals surface area (Å²) in [5.74, 6) is 0.673. The molecule has 164 valence electrons. The van der Waals surface area contributed by atoms with Gasteiger partial charge in [-0.25, -0.2) is 9.78 Å². The van der Waals surface area contributed by atoms with Crippen LogP contribution < -0.4 is 15.5 Å². The normalized spacial score (nSPS) is 11.9. The van der Waals surface area contributed by atoms with Crippen LogP contribution in [-0.4, -0.2) is 21.9 Å². The Bertz CT molecular complexity index is 1130. The number of aromatic nitrogens is 2. The Labute approximate surface area is 176 Å². The first-order valence-corrected chi connectivity index (χ1v) is 9.29. The average Bonchev–Trinajstić information content (AvgIpc) is 3.15. The molecule has 3 rings (SSSR count). The number of oxazole rings is 1. The van der Waals surface area contributed by atoms with Crippen LogP contribution in [0.15, 0.2) is 53.2 Å². The number of benzene rings is 1. The van der Waals surface area contributed by atoms with E-state index < -0.39 is 12.4 Å². The van der Waals surface area contributed by atoms with Crippen LogP contribution >= 0.6 is 0 Å². The van der Waals surface area contributed by atoms with Crippen molar-refractivity contribution in [3.8, 4) is 16.9 Å². The molecule has 0 spiro atoms. The quantitative estimate of drug-likeness (QED) is 0.629. The van der Waals surface area contributed by atoms with E-state index in [2.05, 4.69) is 15.0 Å². The van der Waals surface area contributed by atoms with Crippen molar-refractivity contribution in [2.75, 3.05) is 0 Å². The summed E-state index contributed by atoms with van der Waals surface area (Å²) in [6.45, 7) is 5.97. The van der Waals surface area contributed by atoms with Crippen molar-refractivity contribution < 1.29 is 27.1 Å². The minimum absolute atomic E-state index is 0.0368. The number of nitrogens with one attached hydrogen (secondary N) is 2. The zero-order valence-corrected chi connectivity index (χ0v) is 17.1. The van der Waals surface area contributed by atoms with Gasteiger partial charge in [0.2, 0.25) is 5.89 Å². The highest BCUT2D eigenvalue weighted by Gasteiger charge is 2.31. The Morgan fingerprint density at radius 3 is 2.35 bits per heavy atom. The number of pyridine rings is 1. The summed E-state index contributed by atoms with van der Waals surface area (Å²) in [7, 11) is 0. The highest BCUT2D eigenvalue weighted by Crippen LogP contribution is 2.26. The standard InChI is InChI=1S/C21H21F3N4O3/c1-20(2,3)16-10-26-18(30-16)11-27-19(29)28-12-14(6-9-17(28)25)13-4-7-15(8-5-13)31-21(22,23)24/h4-10,12,25H,11H2,1-3H3,(H,27,29). The summed E-state index contributed by atoms with van der Waals surface area (Å²) in [5, 5.41) is 10.6. The second-order valence-electron chi connectivity index (χ2n) is 7.77. The molecule has 10 heteroatoms. The van der Waals surface area contributed by atoms with Crippen molar-refractivity contribution in [2.45, 2.75) is 39.1 Å². The molecule has 0 bridgehead atoms. The molecule has 0 saturated heterocycles. The lowest BCUT2D eigenvalue weighted by molar-refractivity contribution is -0.274. The van der Waals surface area contributed by atoms with Gasteiger partial charge < -0.3 is 14.5 Å². The maximum atomic E-state index is 12.6. The summed E-state index contributed by atoms with van der Waals surface area (Å²) < 4.78 is 47.5. The number of amides is 1. The van der Waals surface area contributed by atoms with Gasteiger partial charge in [-0.1, -0.05) is 32.9 Å². The zero-order valence-electron chi connectivity index (χ0n) is 17.1. The second kappa shape index (κ2) is 8.29. The first-order chi connectivity index (χ1) is 14.4. The summed E-state index contributed by atoms with van der Waals surface area (Å²) in [6, 6.07) is 7.66. The molecule has 0 aliphatic rings. The van der Waals surface area contributed by atoms with Gasteiger partial charge in [-0.2, -0.15) is 0 Å². The van der Waals surface area contributed by atoms with Gasteiger partial charge in [0, 0.05) is 11.6 Å². The van der Waals surface area contributed by atoms with Crippen LogP contribution in [0.25, 0.3) is 11.1 Å². The molecule has 3 aromatic rings. The lowest BCUT2D eigenvalue weighted by atomic mass is 9.94. The Morgan fingerprint density at radius 2 is 1.77 bits per heavy atom. The first-order valence-electron chi connectivity index (χ1n) is 9.29. The van der Waals surface area contributed by atoms with Crippen LogP contribution in [0.1, 0.15) is 32.4 Å². The Hall–Kier alpha value is -3.56. The predicted octanol–water partition coefficient (Wildman–Crippen LogP) is 4.58.